The number of anilines is 1. The summed E-state index contributed by atoms with van der Waals surface area (Å²) in [6.07, 6.45) is 2.16. The van der Waals surface area contributed by atoms with E-state index in [1.165, 1.54) is 5.56 Å². The Morgan fingerprint density at radius 3 is 2.31 bits per heavy atom. The quantitative estimate of drug-likeness (QED) is 0.773. The summed E-state index contributed by atoms with van der Waals surface area (Å²) in [5.74, 6) is 0.666. The average Bonchev–Trinajstić information content (AvgIpc) is 2.26. The van der Waals surface area contributed by atoms with E-state index >= 15 is 0 Å². The first-order valence-corrected chi connectivity index (χ1v) is 6.20. The molecule has 0 amide bonds. The van der Waals surface area contributed by atoms with Crippen molar-refractivity contribution in [3.8, 4) is 0 Å². The van der Waals surface area contributed by atoms with Gasteiger partial charge in [0.2, 0.25) is 0 Å². The molecule has 0 fully saturated rings. The van der Waals surface area contributed by atoms with Gasteiger partial charge in [-0.15, -0.1) is 0 Å². The minimum atomic E-state index is 0.242. The summed E-state index contributed by atoms with van der Waals surface area (Å²) in [4.78, 5) is 0. The van der Waals surface area contributed by atoms with Crippen LogP contribution < -0.4 is 11.1 Å². The van der Waals surface area contributed by atoms with Gasteiger partial charge in [-0.25, -0.2) is 0 Å². The van der Waals surface area contributed by atoms with Gasteiger partial charge in [0.25, 0.3) is 0 Å². The summed E-state index contributed by atoms with van der Waals surface area (Å²) in [5, 5.41) is 3.38. The molecule has 0 radical (unpaired) electrons. The molecule has 16 heavy (non-hydrogen) atoms. The van der Waals surface area contributed by atoms with E-state index in [0.29, 0.717) is 5.92 Å². The fourth-order valence-electron chi connectivity index (χ4n) is 1.80. The Balaban J connectivity index is 2.36. The van der Waals surface area contributed by atoms with Gasteiger partial charge in [0.15, 0.2) is 0 Å². The van der Waals surface area contributed by atoms with Crippen molar-refractivity contribution in [3.63, 3.8) is 0 Å². The zero-order valence-corrected chi connectivity index (χ0v) is 10.7. The summed E-state index contributed by atoms with van der Waals surface area (Å²) in [6, 6.07) is 8.82. The summed E-state index contributed by atoms with van der Waals surface area (Å²) in [5.41, 5.74) is 8.55. The van der Waals surface area contributed by atoms with Gasteiger partial charge in [0.1, 0.15) is 0 Å². The van der Waals surface area contributed by atoms with Crippen molar-refractivity contribution in [1.82, 2.24) is 0 Å². The summed E-state index contributed by atoms with van der Waals surface area (Å²) < 4.78 is 0. The second kappa shape index (κ2) is 6.54. The van der Waals surface area contributed by atoms with Crippen LogP contribution >= 0.6 is 0 Å². The van der Waals surface area contributed by atoms with Crippen LogP contribution in [0.15, 0.2) is 24.3 Å². The molecule has 0 aromatic heterocycles. The number of nitrogens with two attached hydrogens (primary N) is 1. The Hall–Kier alpha value is -1.02. The van der Waals surface area contributed by atoms with Crippen LogP contribution in [0.5, 0.6) is 0 Å². The van der Waals surface area contributed by atoms with Gasteiger partial charge < -0.3 is 11.1 Å². The molecule has 0 aliphatic heterocycles. The molecule has 1 rings (SSSR count). The van der Waals surface area contributed by atoms with Crippen molar-refractivity contribution >= 4 is 5.69 Å². The van der Waals surface area contributed by atoms with Crippen LogP contribution in [0.25, 0.3) is 0 Å². The smallest absolute Gasteiger partial charge is 0.0340 e. The van der Waals surface area contributed by atoms with Gasteiger partial charge in [-0.2, -0.15) is 0 Å². The zero-order chi connectivity index (χ0) is 12.0. The lowest BCUT2D eigenvalue weighted by molar-refractivity contribution is 0.508. The van der Waals surface area contributed by atoms with Crippen LogP contribution in [0, 0.1) is 5.92 Å². The van der Waals surface area contributed by atoms with E-state index in [-0.39, 0.29) is 6.04 Å². The molecule has 3 N–H and O–H groups in total. The maximum Gasteiger partial charge on any atom is 0.0340 e. The third-order valence-electron chi connectivity index (χ3n) is 2.70. The molecule has 1 unspecified atom stereocenters. The predicted octanol–water partition coefficient (Wildman–Crippen LogP) is 3.03. The highest BCUT2D eigenvalue weighted by molar-refractivity contribution is 5.44. The van der Waals surface area contributed by atoms with Gasteiger partial charge in [-0.05, 0) is 36.5 Å². The summed E-state index contributed by atoms with van der Waals surface area (Å²) in [7, 11) is 0. The molecule has 0 aliphatic carbocycles. The Morgan fingerprint density at radius 2 is 1.81 bits per heavy atom. The van der Waals surface area contributed by atoms with Gasteiger partial charge >= 0.3 is 0 Å². The van der Waals surface area contributed by atoms with Crippen LogP contribution in [0.2, 0.25) is 0 Å². The SMILES string of the molecule is CCc1ccc(NCC(N)CC(C)C)cc1. The predicted molar refractivity (Wildman–Crippen MR) is 71.7 cm³/mol. The third-order valence-corrected chi connectivity index (χ3v) is 2.70. The summed E-state index contributed by atoms with van der Waals surface area (Å²) >= 11 is 0. The Labute approximate surface area is 99.2 Å². The normalized spacial score (nSPS) is 12.8. The topological polar surface area (TPSA) is 38.0 Å². The molecule has 1 aromatic carbocycles. The Morgan fingerprint density at radius 1 is 1.19 bits per heavy atom. The van der Waals surface area contributed by atoms with Gasteiger partial charge in [0.05, 0.1) is 0 Å². The fourth-order valence-corrected chi connectivity index (χ4v) is 1.80. The van der Waals surface area contributed by atoms with Crippen molar-refractivity contribution in [3.05, 3.63) is 29.8 Å². The molecule has 90 valence electrons. The highest BCUT2D eigenvalue weighted by Crippen LogP contribution is 2.10. The maximum atomic E-state index is 6.02. The lowest BCUT2D eigenvalue weighted by atomic mass is 10.0. The van der Waals surface area contributed by atoms with Gasteiger partial charge in [-0.3, -0.25) is 0 Å². The molecule has 2 heteroatoms. The third kappa shape index (κ3) is 4.67. The van der Waals surface area contributed by atoms with Crippen molar-refractivity contribution in [1.29, 1.82) is 0 Å². The van der Waals surface area contributed by atoms with E-state index < -0.39 is 0 Å². The lowest BCUT2D eigenvalue weighted by Crippen LogP contribution is -2.30. The molecule has 1 aromatic rings. The molecule has 0 saturated carbocycles. The first kappa shape index (κ1) is 13.0. The maximum absolute atomic E-state index is 6.02. The molecule has 0 spiro atoms. The standard InChI is InChI=1S/C14H24N2/c1-4-12-5-7-14(8-6-12)16-10-13(15)9-11(2)3/h5-8,11,13,16H,4,9-10,15H2,1-3H3. The van der Waals surface area contributed by atoms with Gasteiger partial charge in [0, 0.05) is 18.3 Å². The molecular weight excluding hydrogens is 196 g/mol. The number of nitrogens with one attached hydrogen (secondary N) is 1. The number of benzene rings is 1. The second-order valence-corrected chi connectivity index (χ2v) is 4.82. The monoisotopic (exact) mass is 220 g/mol. The Kier molecular flexibility index (Phi) is 5.33. The Bertz CT molecular complexity index is 290. The number of hydrogen-bond acceptors (Lipinski definition) is 2. The molecule has 0 saturated heterocycles. The molecule has 1 atom stereocenters. The molecule has 2 nitrogen and oxygen atoms in total. The van der Waals surface area contributed by atoms with Crippen molar-refractivity contribution in [2.45, 2.75) is 39.7 Å². The zero-order valence-electron chi connectivity index (χ0n) is 10.7. The lowest BCUT2D eigenvalue weighted by Gasteiger charge is -2.15. The van der Waals surface area contributed by atoms with Crippen LogP contribution in [0.3, 0.4) is 0 Å². The number of aryl methyl sites for hydroxylation is 1. The van der Waals surface area contributed by atoms with Crippen molar-refractivity contribution in [2.75, 3.05) is 11.9 Å². The average molecular weight is 220 g/mol. The molecule has 0 aliphatic rings. The van der Waals surface area contributed by atoms with Crippen LogP contribution in [-0.4, -0.2) is 12.6 Å². The van der Waals surface area contributed by atoms with Gasteiger partial charge in [-0.1, -0.05) is 32.9 Å². The second-order valence-electron chi connectivity index (χ2n) is 4.82. The minimum Gasteiger partial charge on any atom is -0.383 e. The van der Waals surface area contributed by atoms with E-state index in [9.17, 15) is 0 Å². The van der Waals surface area contributed by atoms with Crippen molar-refractivity contribution < 1.29 is 0 Å². The fraction of sp³-hybridized carbons (Fsp3) is 0.571. The largest absolute Gasteiger partial charge is 0.383 e. The van der Waals surface area contributed by atoms with Crippen LogP contribution in [-0.2, 0) is 6.42 Å². The van der Waals surface area contributed by atoms with E-state index in [0.717, 1.165) is 25.1 Å². The van der Waals surface area contributed by atoms with Crippen molar-refractivity contribution in [2.24, 2.45) is 11.7 Å². The molecule has 0 heterocycles. The minimum absolute atomic E-state index is 0.242. The highest BCUT2D eigenvalue weighted by Gasteiger charge is 2.04. The highest BCUT2D eigenvalue weighted by atomic mass is 14.9. The van der Waals surface area contributed by atoms with Crippen LogP contribution in [0.1, 0.15) is 32.8 Å². The first-order chi connectivity index (χ1) is 7.61. The van der Waals surface area contributed by atoms with E-state index in [4.69, 9.17) is 5.73 Å². The van der Waals surface area contributed by atoms with Crippen LogP contribution in [0.4, 0.5) is 5.69 Å². The van der Waals surface area contributed by atoms with E-state index in [1.807, 2.05) is 0 Å². The van der Waals surface area contributed by atoms with E-state index in [2.05, 4.69) is 50.4 Å². The molecule has 0 bridgehead atoms. The first-order valence-electron chi connectivity index (χ1n) is 6.20. The number of rotatable bonds is 6. The van der Waals surface area contributed by atoms with E-state index in [1.54, 1.807) is 0 Å². The number of hydrogen-bond donors (Lipinski definition) is 2. The summed E-state index contributed by atoms with van der Waals surface area (Å²) in [6.45, 7) is 7.43. The molecular formula is C14H24N2.